The van der Waals surface area contributed by atoms with Crippen LogP contribution in [0.25, 0.3) is 10.9 Å². The summed E-state index contributed by atoms with van der Waals surface area (Å²) in [5.41, 5.74) is 8.49. The molecule has 0 saturated carbocycles. The fourth-order valence-corrected chi connectivity index (χ4v) is 3.39. The van der Waals surface area contributed by atoms with E-state index in [-0.39, 0.29) is 17.0 Å². The van der Waals surface area contributed by atoms with Gasteiger partial charge in [-0.2, -0.15) is 0 Å². The van der Waals surface area contributed by atoms with Crippen molar-refractivity contribution in [2.75, 3.05) is 5.73 Å². The summed E-state index contributed by atoms with van der Waals surface area (Å²) < 4.78 is 26.4. The number of nitrogens with zero attached hydrogens (tertiary/aromatic N) is 1. The molecule has 2 rings (SSSR count). The highest BCUT2D eigenvalue weighted by Crippen LogP contribution is 2.29. The summed E-state index contributed by atoms with van der Waals surface area (Å²) in [6.45, 7) is 7.53. The Bertz CT molecular complexity index is 728. The van der Waals surface area contributed by atoms with E-state index in [4.69, 9.17) is 5.73 Å². The van der Waals surface area contributed by atoms with Gasteiger partial charge in [0.25, 0.3) is 0 Å². The van der Waals surface area contributed by atoms with Gasteiger partial charge in [0.15, 0.2) is 9.84 Å². The molecule has 0 aliphatic rings. The molecule has 0 spiro atoms. The SMILES string of the molecule is CC(C)n1c(CS(=O)(=O)C(C)C)cc2c(N)cccc21. The molecule has 0 aliphatic heterocycles. The van der Waals surface area contributed by atoms with Gasteiger partial charge in [-0.15, -0.1) is 0 Å². The van der Waals surface area contributed by atoms with Crippen LogP contribution in [0.2, 0.25) is 0 Å². The second-order valence-electron chi connectivity index (χ2n) is 5.74. The van der Waals surface area contributed by atoms with Crippen molar-refractivity contribution in [1.82, 2.24) is 4.57 Å². The van der Waals surface area contributed by atoms with Crippen molar-refractivity contribution < 1.29 is 8.42 Å². The average molecular weight is 294 g/mol. The van der Waals surface area contributed by atoms with E-state index in [2.05, 4.69) is 4.57 Å². The Balaban J connectivity index is 2.65. The van der Waals surface area contributed by atoms with E-state index in [0.29, 0.717) is 5.69 Å². The first-order valence-corrected chi connectivity index (χ1v) is 8.55. The number of nitrogen functional groups attached to an aromatic ring is 1. The number of hydrogen-bond acceptors (Lipinski definition) is 3. The molecular weight excluding hydrogens is 272 g/mol. The second kappa shape index (κ2) is 5.13. The summed E-state index contributed by atoms with van der Waals surface area (Å²) in [6, 6.07) is 7.82. The standard InChI is InChI=1S/C15H22N2O2S/c1-10(2)17-12(9-20(18,19)11(3)4)8-13-14(16)6-5-7-15(13)17/h5-8,10-11H,9,16H2,1-4H3. The van der Waals surface area contributed by atoms with Crippen LogP contribution in [-0.2, 0) is 15.6 Å². The zero-order chi connectivity index (χ0) is 15.1. The Morgan fingerprint density at radius 3 is 2.40 bits per heavy atom. The lowest BCUT2D eigenvalue weighted by atomic mass is 10.2. The molecule has 110 valence electrons. The third-order valence-corrected chi connectivity index (χ3v) is 5.72. The quantitative estimate of drug-likeness (QED) is 0.881. The molecule has 2 N–H and O–H groups in total. The highest BCUT2D eigenvalue weighted by Gasteiger charge is 2.21. The van der Waals surface area contributed by atoms with Crippen LogP contribution in [0.15, 0.2) is 24.3 Å². The Morgan fingerprint density at radius 2 is 1.85 bits per heavy atom. The summed E-state index contributed by atoms with van der Waals surface area (Å²) in [6.07, 6.45) is 0. The van der Waals surface area contributed by atoms with Crippen LogP contribution in [0.5, 0.6) is 0 Å². The normalized spacial score (nSPS) is 12.7. The lowest BCUT2D eigenvalue weighted by Crippen LogP contribution is -2.18. The van der Waals surface area contributed by atoms with Gasteiger partial charge in [0.1, 0.15) is 0 Å². The van der Waals surface area contributed by atoms with Crippen molar-refractivity contribution in [2.45, 2.75) is 44.7 Å². The van der Waals surface area contributed by atoms with E-state index in [1.54, 1.807) is 13.8 Å². The number of nitrogens with two attached hydrogens (primary N) is 1. The van der Waals surface area contributed by atoms with Gasteiger partial charge in [0.05, 0.1) is 16.5 Å². The fourth-order valence-electron chi connectivity index (χ4n) is 2.42. The molecule has 0 radical (unpaired) electrons. The molecule has 2 aromatic rings. The summed E-state index contributed by atoms with van der Waals surface area (Å²) in [5, 5.41) is 0.550. The topological polar surface area (TPSA) is 65.1 Å². The molecule has 0 aliphatic carbocycles. The van der Waals surface area contributed by atoms with Gasteiger partial charge in [-0.25, -0.2) is 8.42 Å². The highest BCUT2D eigenvalue weighted by atomic mass is 32.2. The van der Waals surface area contributed by atoms with Crippen LogP contribution in [0, 0.1) is 0 Å². The van der Waals surface area contributed by atoms with Crippen LogP contribution in [0.1, 0.15) is 39.4 Å². The second-order valence-corrected chi connectivity index (χ2v) is 8.29. The van der Waals surface area contributed by atoms with E-state index in [9.17, 15) is 8.42 Å². The van der Waals surface area contributed by atoms with Crippen molar-refractivity contribution in [3.63, 3.8) is 0 Å². The minimum atomic E-state index is -3.13. The highest BCUT2D eigenvalue weighted by molar-refractivity contribution is 7.91. The molecule has 4 nitrogen and oxygen atoms in total. The molecule has 1 aromatic heterocycles. The zero-order valence-corrected chi connectivity index (χ0v) is 13.2. The number of fused-ring (bicyclic) bond motifs is 1. The maximum Gasteiger partial charge on any atom is 0.158 e. The van der Waals surface area contributed by atoms with Gasteiger partial charge in [0, 0.05) is 22.8 Å². The maximum absolute atomic E-state index is 12.2. The molecule has 1 heterocycles. The van der Waals surface area contributed by atoms with Crippen LogP contribution in [-0.4, -0.2) is 18.2 Å². The number of anilines is 1. The number of benzene rings is 1. The van der Waals surface area contributed by atoms with Gasteiger partial charge < -0.3 is 10.3 Å². The first-order chi connectivity index (χ1) is 9.24. The molecule has 20 heavy (non-hydrogen) atoms. The number of aromatic nitrogens is 1. The predicted molar refractivity (Wildman–Crippen MR) is 84.5 cm³/mol. The molecule has 0 amide bonds. The van der Waals surface area contributed by atoms with Crippen molar-refractivity contribution >= 4 is 26.4 Å². The van der Waals surface area contributed by atoms with Gasteiger partial charge in [-0.3, -0.25) is 0 Å². The molecule has 0 saturated heterocycles. The Morgan fingerprint density at radius 1 is 1.20 bits per heavy atom. The minimum absolute atomic E-state index is 0.0525. The number of sulfone groups is 1. The summed E-state index contributed by atoms with van der Waals surface area (Å²) in [5.74, 6) is 0.0525. The van der Waals surface area contributed by atoms with Crippen LogP contribution >= 0.6 is 0 Å². The largest absolute Gasteiger partial charge is 0.398 e. The Hall–Kier alpha value is -1.49. The maximum atomic E-state index is 12.2. The first-order valence-electron chi connectivity index (χ1n) is 6.84. The Labute approximate surface area is 120 Å². The monoisotopic (exact) mass is 294 g/mol. The molecular formula is C15H22N2O2S. The van der Waals surface area contributed by atoms with Gasteiger partial charge >= 0.3 is 0 Å². The smallest absolute Gasteiger partial charge is 0.158 e. The molecule has 5 heteroatoms. The average Bonchev–Trinajstić information content (AvgIpc) is 2.67. The third kappa shape index (κ3) is 2.54. The third-order valence-electron chi connectivity index (χ3n) is 3.58. The van der Waals surface area contributed by atoms with Crippen LogP contribution < -0.4 is 5.73 Å². The van der Waals surface area contributed by atoms with E-state index >= 15 is 0 Å². The number of hydrogen-bond donors (Lipinski definition) is 1. The lowest BCUT2D eigenvalue weighted by molar-refractivity contribution is 0.574. The fraction of sp³-hybridized carbons (Fsp3) is 0.467. The van der Waals surface area contributed by atoms with Crippen molar-refractivity contribution in [2.24, 2.45) is 0 Å². The zero-order valence-electron chi connectivity index (χ0n) is 12.4. The molecule has 0 atom stereocenters. The van der Waals surface area contributed by atoms with Crippen molar-refractivity contribution in [3.8, 4) is 0 Å². The molecule has 1 aromatic carbocycles. The van der Waals surface area contributed by atoms with E-state index < -0.39 is 9.84 Å². The molecule has 0 bridgehead atoms. The van der Waals surface area contributed by atoms with Crippen LogP contribution in [0.4, 0.5) is 5.69 Å². The van der Waals surface area contributed by atoms with Gasteiger partial charge in [0.2, 0.25) is 0 Å². The predicted octanol–water partition coefficient (Wildman–Crippen LogP) is 3.13. The van der Waals surface area contributed by atoms with E-state index in [1.807, 2.05) is 38.1 Å². The minimum Gasteiger partial charge on any atom is -0.398 e. The summed E-state index contributed by atoms with van der Waals surface area (Å²) in [7, 11) is -3.13. The van der Waals surface area contributed by atoms with Gasteiger partial charge in [-0.05, 0) is 45.9 Å². The summed E-state index contributed by atoms with van der Waals surface area (Å²) >= 11 is 0. The first kappa shape index (κ1) is 14.9. The van der Waals surface area contributed by atoms with Gasteiger partial charge in [-0.1, -0.05) is 6.07 Å². The lowest BCUT2D eigenvalue weighted by Gasteiger charge is -2.16. The Kier molecular flexibility index (Phi) is 3.82. The van der Waals surface area contributed by atoms with Crippen molar-refractivity contribution in [1.29, 1.82) is 0 Å². The molecule has 0 fully saturated rings. The molecule has 0 unspecified atom stereocenters. The van der Waals surface area contributed by atoms with E-state index in [0.717, 1.165) is 16.6 Å². The number of rotatable bonds is 4. The van der Waals surface area contributed by atoms with Crippen LogP contribution in [0.3, 0.4) is 0 Å². The van der Waals surface area contributed by atoms with Crippen molar-refractivity contribution in [3.05, 3.63) is 30.0 Å². The van der Waals surface area contributed by atoms with E-state index in [1.165, 1.54) is 0 Å². The summed E-state index contributed by atoms with van der Waals surface area (Å²) in [4.78, 5) is 0.